The Kier molecular flexibility index (Phi) is 6.66. The summed E-state index contributed by atoms with van der Waals surface area (Å²) in [6.45, 7) is 1.86. The molecule has 1 aromatic rings. The van der Waals surface area contributed by atoms with Crippen LogP contribution in [0.5, 0.6) is 11.5 Å². The molecule has 2 amide bonds. The van der Waals surface area contributed by atoms with E-state index >= 15 is 0 Å². The molecule has 6 heteroatoms. The van der Waals surface area contributed by atoms with E-state index in [1.807, 2.05) is 37.2 Å². The number of methoxy groups -OCH3 is 2. The number of carbonyl (C=O) groups excluding carboxylic acids is 1. The number of nitrogens with zero attached hydrogens (tertiary/aromatic N) is 1. The van der Waals surface area contributed by atoms with Crippen LogP contribution >= 0.6 is 0 Å². The molecule has 1 aromatic carbocycles. The largest absolute Gasteiger partial charge is 0.493 e. The van der Waals surface area contributed by atoms with Crippen molar-refractivity contribution in [3.8, 4) is 11.5 Å². The third-order valence-electron chi connectivity index (χ3n) is 2.75. The van der Waals surface area contributed by atoms with Gasteiger partial charge in [0.25, 0.3) is 0 Å². The number of rotatable bonds is 7. The lowest BCUT2D eigenvalue weighted by molar-refractivity contribution is 0.239. The minimum atomic E-state index is -0.179. The van der Waals surface area contributed by atoms with Crippen LogP contribution in [0.2, 0.25) is 0 Å². The normalized spacial score (nSPS) is 10.2. The first kappa shape index (κ1) is 16.1. The Morgan fingerprint density at radius 2 is 1.85 bits per heavy atom. The molecule has 112 valence electrons. The van der Waals surface area contributed by atoms with Gasteiger partial charge in [-0.05, 0) is 31.8 Å². The summed E-state index contributed by atoms with van der Waals surface area (Å²) < 4.78 is 10.4. The quantitative estimate of drug-likeness (QED) is 0.784. The molecule has 6 nitrogen and oxygen atoms in total. The highest BCUT2D eigenvalue weighted by Crippen LogP contribution is 2.27. The van der Waals surface area contributed by atoms with Gasteiger partial charge in [-0.2, -0.15) is 0 Å². The van der Waals surface area contributed by atoms with Crippen molar-refractivity contribution in [2.45, 2.75) is 6.54 Å². The lowest BCUT2D eigenvalue weighted by Crippen LogP contribution is -2.38. The zero-order valence-electron chi connectivity index (χ0n) is 12.5. The molecular weight excluding hydrogens is 258 g/mol. The van der Waals surface area contributed by atoms with Gasteiger partial charge in [0, 0.05) is 19.6 Å². The molecule has 0 aliphatic heterocycles. The maximum absolute atomic E-state index is 11.6. The van der Waals surface area contributed by atoms with E-state index in [2.05, 4.69) is 10.6 Å². The molecule has 0 aliphatic rings. The Labute approximate surface area is 120 Å². The summed E-state index contributed by atoms with van der Waals surface area (Å²) in [5, 5.41) is 5.58. The fourth-order valence-corrected chi connectivity index (χ4v) is 1.63. The summed E-state index contributed by atoms with van der Waals surface area (Å²) in [7, 11) is 7.10. The van der Waals surface area contributed by atoms with Gasteiger partial charge in [0.1, 0.15) is 0 Å². The highest BCUT2D eigenvalue weighted by Gasteiger charge is 2.05. The first-order valence-electron chi connectivity index (χ1n) is 6.44. The molecule has 2 N–H and O–H groups in total. The number of carbonyl (C=O) groups is 1. The van der Waals surface area contributed by atoms with Crippen LogP contribution in [-0.2, 0) is 6.54 Å². The second-order valence-corrected chi connectivity index (χ2v) is 4.60. The molecule has 0 atom stereocenters. The zero-order valence-corrected chi connectivity index (χ0v) is 12.5. The molecule has 0 aliphatic carbocycles. The van der Waals surface area contributed by atoms with Crippen LogP contribution in [0.4, 0.5) is 4.79 Å². The van der Waals surface area contributed by atoms with Crippen LogP contribution in [0.15, 0.2) is 18.2 Å². The maximum atomic E-state index is 11.6. The van der Waals surface area contributed by atoms with Crippen molar-refractivity contribution in [1.29, 1.82) is 0 Å². The van der Waals surface area contributed by atoms with Crippen molar-refractivity contribution in [3.05, 3.63) is 23.8 Å². The van der Waals surface area contributed by atoms with Crippen LogP contribution in [0.3, 0.4) is 0 Å². The predicted octanol–water partition coefficient (Wildman–Crippen LogP) is 1.06. The summed E-state index contributed by atoms with van der Waals surface area (Å²) in [5.74, 6) is 1.33. The van der Waals surface area contributed by atoms with E-state index in [0.29, 0.717) is 24.6 Å². The van der Waals surface area contributed by atoms with E-state index in [-0.39, 0.29) is 6.03 Å². The predicted molar refractivity (Wildman–Crippen MR) is 78.3 cm³/mol. The van der Waals surface area contributed by atoms with Gasteiger partial charge in [-0.15, -0.1) is 0 Å². The van der Waals surface area contributed by atoms with Crippen LogP contribution in [0, 0.1) is 0 Å². The molecule has 0 bridgehead atoms. The lowest BCUT2D eigenvalue weighted by Gasteiger charge is -2.12. The summed E-state index contributed by atoms with van der Waals surface area (Å²) in [6, 6.07) is 5.38. The first-order chi connectivity index (χ1) is 9.56. The van der Waals surface area contributed by atoms with E-state index in [0.717, 1.165) is 12.1 Å². The third kappa shape index (κ3) is 5.36. The summed E-state index contributed by atoms with van der Waals surface area (Å²) in [5.41, 5.74) is 0.949. The Balaban J connectivity index is 2.43. The van der Waals surface area contributed by atoms with Gasteiger partial charge in [0.2, 0.25) is 0 Å². The Hall–Kier alpha value is -1.95. The maximum Gasteiger partial charge on any atom is 0.315 e. The van der Waals surface area contributed by atoms with E-state index in [9.17, 15) is 4.79 Å². The lowest BCUT2D eigenvalue weighted by atomic mass is 10.2. The number of amides is 2. The average molecular weight is 281 g/mol. The van der Waals surface area contributed by atoms with E-state index in [4.69, 9.17) is 9.47 Å². The van der Waals surface area contributed by atoms with E-state index in [1.54, 1.807) is 14.2 Å². The highest BCUT2D eigenvalue weighted by atomic mass is 16.5. The molecular formula is C14H23N3O3. The van der Waals surface area contributed by atoms with Crippen molar-refractivity contribution >= 4 is 6.03 Å². The van der Waals surface area contributed by atoms with E-state index in [1.165, 1.54) is 0 Å². The summed E-state index contributed by atoms with van der Waals surface area (Å²) >= 11 is 0. The molecule has 0 aromatic heterocycles. The molecule has 0 spiro atoms. The van der Waals surface area contributed by atoms with Crippen molar-refractivity contribution in [3.63, 3.8) is 0 Å². The number of nitrogens with one attached hydrogen (secondary N) is 2. The Bertz CT molecular complexity index is 436. The van der Waals surface area contributed by atoms with Crippen molar-refractivity contribution in [2.24, 2.45) is 0 Å². The average Bonchev–Trinajstić information content (AvgIpc) is 2.44. The molecule has 1 rings (SSSR count). The van der Waals surface area contributed by atoms with Gasteiger partial charge < -0.3 is 25.0 Å². The summed E-state index contributed by atoms with van der Waals surface area (Å²) in [4.78, 5) is 13.6. The smallest absolute Gasteiger partial charge is 0.315 e. The number of ether oxygens (including phenoxy) is 2. The molecule has 0 unspecified atom stereocenters. The fourth-order valence-electron chi connectivity index (χ4n) is 1.63. The monoisotopic (exact) mass is 281 g/mol. The Morgan fingerprint density at radius 1 is 1.15 bits per heavy atom. The van der Waals surface area contributed by atoms with Gasteiger partial charge in [-0.25, -0.2) is 4.79 Å². The minimum absolute atomic E-state index is 0.179. The van der Waals surface area contributed by atoms with Gasteiger partial charge in [0.05, 0.1) is 14.2 Å². The number of hydrogen-bond donors (Lipinski definition) is 2. The van der Waals surface area contributed by atoms with Crippen LogP contribution in [0.25, 0.3) is 0 Å². The molecule has 20 heavy (non-hydrogen) atoms. The molecule has 0 radical (unpaired) electrons. The van der Waals surface area contributed by atoms with E-state index < -0.39 is 0 Å². The Morgan fingerprint density at radius 3 is 2.45 bits per heavy atom. The molecule has 0 heterocycles. The topological polar surface area (TPSA) is 62.8 Å². The third-order valence-corrected chi connectivity index (χ3v) is 2.75. The molecule has 0 saturated carbocycles. The van der Waals surface area contributed by atoms with Crippen LogP contribution in [0.1, 0.15) is 5.56 Å². The van der Waals surface area contributed by atoms with Crippen molar-refractivity contribution in [1.82, 2.24) is 15.5 Å². The number of likely N-dealkylation sites (N-methyl/N-ethyl adjacent to an activating group) is 1. The second kappa shape index (κ2) is 8.27. The van der Waals surface area contributed by atoms with Crippen LogP contribution in [-0.4, -0.2) is 52.3 Å². The summed E-state index contributed by atoms with van der Waals surface area (Å²) in [6.07, 6.45) is 0. The highest BCUT2D eigenvalue weighted by molar-refractivity contribution is 5.73. The minimum Gasteiger partial charge on any atom is -0.493 e. The zero-order chi connectivity index (χ0) is 15.0. The number of hydrogen-bond acceptors (Lipinski definition) is 4. The standard InChI is InChI=1S/C14H23N3O3/c1-17(2)8-7-15-14(18)16-10-11-5-6-12(19-3)13(9-11)20-4/h5-6,9H,7-8,10H2,1-4H3,(H2,15,16,18). The van der Waals surface area contributed by atoms with Gasteiger partial charge in [-0.3, -0.25) is 0 Å². The first-order valence-corrected chi connectivity index (χ1v) is 6.44. The van der Waals surface area contributed by atoms with Crippen molar-refractivity contribution in [2.75, 3.05) is 41.4 Å². The number of urea groups is 1. The molecule has 0 saturated heterocycles. The van der Waals surface area contributed by atoms with Crippen LogP contribution < -0.4 is 20.1 Å². The van der Waals surface area contributed by atoms with Gasteiger partial charge in [-0.1, -0.05) is 6.07 Å². The fraction of sp³-hybridized carbons (Fsp3) is 0.500. The number of benzene rings is 1. The second-order valence-electron chi connectivity index (χ2n) is 4.60. The SMILES string of the molecule is COc1ccc(CNC(=O)NCCN(C)C)cc1OC. The van der Waals surface area contributed by atoms with Gasteiger partial charge >= 0.3 is 6.03 Å². The van der Waals surface area contributed by atoms with Gasteiger partial charge in [0.15, 0.2) is 11.5 Å². The van der Waals surface area contributed by atoms with Crippen molar-refractivity contribution < 1.29 is 14.3 Å². The molecule has 0 fully saturated rings.